The Bertz CT molecular complexity index is 1110. The van der Waals surface area contributed by atoms with Crippen molar-refractivity contribution in [3.63, 3.8) is 0 Å². The molecule has 0 spiro atoms. The molecule has 0 aliphatic carbocycles. The van der Waals surface area contributed by atoms with E-state index in [0.29, 0.717) is 23.0 Å². The maximum Gasteiger partial charge on any atom is 0.573 e. The van der Waals surface area contributed by atoms with Crippen molar-refractivity contribution in [2.45, 2.75) is 17.6 Å². The van der Waals surface area contributed by atoms with Crippen LogP contribution in [-0.4, -0.2) is 39.5 Å². The molecule has 1 aromatic heterocycles. The highest BCUT2D eigenvalue weighted by Crippen LogP contribution is 2.35. The largest absolute Gasteiger partial charge is 0.573 e. The number of anilines is 1. The number of nitrogens with one attached hydrogen (secondary N) is 1. The van der Waals surface area contributed by atoms with E-state index in [9.17, 15) is 18.0 Å². The van der Waals surface area contributed by atoms with Crippen LogP contribution < -0.4 is 25.4 Å². The lowest BCUT2D eigenvalue weighted by atomic mass is 10.2. The Hall–Kier alpha value is -3.61. The van der Waals surface area contributed by atoms with Crippen LogP contribution in [0.3, 0.4) is 0 Å². The van der Waals surface area contributed by atoms with E-state index >= 15 is 0 Å². The number of thioether (sulfide) groups is 1. The van der Waals surface area contributed by atoms with Gasteiger partial charge in [0.15, 0.2) is 23.4 Å². The van der Waals surface area contributed by atoms with Crippen molar-refractivity contribution < 1.29 is 32.2 Å². The summed E-state index contributed by atoms with van der Waals surface area (Å²) in [7, 11) is 0. The molecule has 1 amide bonds. The number of amides is 1. The number of alkyl halides is 3. The minimum Gasteiger partial charge on any atom is -0.485 e. The van der Waals surface area contributed by atoms with Gasteiger partial charge < -0.3 is 25.4 Å². The lowest BCUT2D eigenvalue weighted by molar-refractivity contribution is -0.274. The molecular formula is C19H16F3N5O4S. The van der Waals surface area contributed by atoms with Crippen molar-refractivity contribution in [3.8, 4) is 17.2 Å². The topological polar surface area (TPSA) is 114 Å². The quantitative estimate of drug-likeness (QED) is 0.420. The van der Waals surface area contributed by atoms with Crippen LogP contribution >= 0.6 is 11.8 Å². The van der Waals surface area contributed by atoms with Crippen LogP contribution in [0.15, 0.2) is 53.7 Å². The average molecular weight is 467 g/mol. The average Bonchev–Trinajstić information content (AvgIpc) is 3.12. The minimum atomic E-state index is -4.78. The summed E-state index contributed by atoms with van der Waals surface area (Å²) in [6.07, 6.45) is -5.35. The van der Waals surface area contributed by atoms with Crippen molar-refractivity contribution in [1.29, 1.82) is 0 Å². The molecule has 0 saturated heterocycles. The van der Waals surface area contributed by atoms with E-state index in [4.69, 9.17) is 15.3 Å². The van der Waals surface area contributed by atoms with E-state index in [2.05, 4.69) is 20.3 Å². The van der Waals surface area contributed by atoms with E-state index in [0.717, 1.165) is 23.9 Å². The van der Waals surface area contributed by atoms with Gasteiger partial charge in [-0.25, -0.2) is 4.68 Å². The molecule has 0 fully saturated rings. The van der Waals surface area contributed by atoms with Gasteiger partial charge in [0.25, 0.3) is 0 Å². The molecule has 0 radical (unpaired) electrons. The number of rotatable bonds is 6. The number of ether oxygens (including phenoxy) is 3. The zero-order valence-electron chi connectivity index (χ0n) is 16.2. The summed E-state index contributed by atoms with van der Waals surface area (Å²) in [5.41, 5.74) is 0.312. The van der Waals surface area contributed by atoms with E-state index in [1.165, 1.54) is 16.8 Å². The molecule has 168 valence electrons. The van der Waals surface area contributed by atoms with Gasteiger partial charge in [0.2, 0.25) is 11.1 Å². The Morgan fingerprint density at radius 2 is 1.91 bits per heavy atom. The van der Waals surface area contributed by atoms with Crippen molar-refractivity contribution in [2.24, 2.45) is 0 Å². The number of carbonyl (C=O) groups is 1. The lowest BCUT2D eigenvalue weighted by Gasteiger charge is -2.25. The van der Waals surface area contributed by atoms with E-state index in [1.54, 1.807) is 12.1 Å². The molecule has 3 aromatic rings. The summed E-state index contributed by atoms with van der Waals surface area (Å²) in [5, 5.41) is 10.9. The Morgan fingerprint density at radius 1 is 1.19 bits per heavy atom. The van der Waals surface area contributed by atoms with Crippen LogP contribution in [0.25, 0.3) is 0 Å². The fourth-order valence-corrected chi connectivity index (χ4v) is 3.48. The van der Waals surface area contributed by atoms with Crippen molar-refractivity contribution in [3.05, 3.63) is 54.4 Å². The lowest BCUT2D eigenvalue weighted by Crippen LogP contribution is -2.27. The zero-order valence-corrected chi connectivity index (χ0v) is 17.0. The van der Waals surface area contributed by atoms with Gasteiger partial charge >= 0.3 is 6.36 Å². The van der Waals surface area contributed by atoms with Gasteiger partial charge in [-0.15, -0.1) is 23.4 Å². The summed E-state index contributed by atoms with van der Waals surface area (Å²) >= 11 is 1.04. The second kappa shape index (κ2) is 8.86. The Morgan fingerprint density at radius 3 is 2.62 bits per heavy atom. The number of para-hydroxylation sites is 2. The van der Waals surface area contributed by atoms with Crippen LogP contribution in [0.5, 0.6) is 17.2 Å². The van der Waals surface area contributed by atoms with Crippen LogP contribution in [0.4, 0.5) is 18.9 Å². The molecule has 1 atom stereocenters. The van der Waals surface area contributed by atoms with E-state index < -0.39 is 18.4 Å². The normalized spacial score (nSPS) is 15.3. The Balaban J connectivity index is 1.32. The molecule has 4 rings (SSSR count). The van der Waals surface area contributed by atoms with Crippen LogP contribution in [0.1, 0.15) is 11.9 Å². The summed E-state index contributed by atoms with van der Waals surface area (Å²) in [4.78, 5) is 12.2. The summed E-state index contributed by atoms with van der Waals surface area (Å²) in [6, 6.07) is 12.0. The second-order valence-electron chi connectivity index (χ2n) is 6.48. The number of benzene rings is 2. The second-order valence-corrected chi connectivity index (χ2v) is 7.43. The third-order valence-corrected chi connectivity index (χ3v) is 5.13. The summed E-state index contributed by atoms with van der Waals surface area (Å²) in [5.74, 6) is 6.73. The first kappa shape index (κ1) is 21.6. The SMILES string of the molecule is Nn1c(SCC(=O)Nc2ccc(OC(F)(F)F)cc2)nnc1[C@H]1COc2ccccc2O1. The number of nitrogens with zero attached hydrogens (tertiary/aromatic N) is 3. The van der Waals surface area contributed by atoms with Crippen LogP contribution in [0, 0.1) is 0 Å². The fraction of sp³-hybridized carbons (Fsp3) is 0.211. The van der Waals surface area contributed by atoms with Gasteiger partial charge in [-0.1, -0.05) is 23.9 Å². The zero-order chi connectivity index (χ0) is 22.7. The Kier molecular flexibility index (Phi) is 5.99. The molecular weight excluding hydrogens is 451 g/mol. The maximum atomic E-state index is 12.2. The Labute approximate surface area is 183 Å². The molecule has 3 N–H and O–H groups in total. The first-order valence-corrected chi connectivity index (χ1v) is 10.1. The molecule has 2 heterocycles. The number of aromatic nitrogens is 3. The highest BCUT2D eigenvalue weighted by molar-refractivity contribution is 7.99. The molecule has 13 heteroatoms. The maximum absolute atomic E-state index is 12.2. The number of hydrogen-bond donors (Lipinski definition) is 2. The first-order valence-electron chi connectivity index (χ1n) is 9.16. The van der Waals surface area contributed by atoms with Gasteiger partial charge in [0, 0.05) is 5.69 Å². The minimum absolute atomic E-state index is 0.0546. The molecule has 0 bridgehead atoms. The number of nitrogens with two attached hydrogens (primary N) is 1. The number of hydrogen-bond acceptors (Lipinski definition) is 8. The first-order chi connectivity index (χ1) is 15.3. The number of fused-ring (bicyclic) bond motifs is 1. The van der Waals surface area contributed by atoms with E-state index in [1.807, 2.05) is 12.1 Å². The highest BCUT2D eigenvalue weighted by Gasteiger charge is 2.31. The molecule has 1 aliphatic heterocycles. The number of halogens is 3. The van der Waals surface area contributed by atoms with Crippen molar-refractivity contribution in [2.75, 3.05) is 23.5 Å². The van der Waals surface area contributed by atoms with Gasteiger partial charge in [0.1, 0.15) is 12.4 Å². The summed E-state index contributed by atoms with van der Waals surface area (Å²) in [6.45, 7) is 0.200. The van der Waals surface area contributed by atoms with Crippen LogP contribution in [0.2, 0.25) is 0 Å². The van der Waals surface area contributed by atoms with Gasteiger partial charge in [-0.3, -0.25) is 4.79 Å². The molecule has 32 heavy (non-hydrogen) atoms. The monoisotopic (exact) mass is 467 g/mol. The predicted octanol–water partition coefficient (Wildman–Crippen LogP) is 3.13. The third kappa shape index (κ3) is 5.17. The van der Waals surface area contributed by atoms with E-state index in [-0.39, 0.29) is 23.3 Å². The standard InChI is InChI=1S/C19H16F3N5O4S/c20-19(21,22)31-12-7-5-11(6-8-12)24-16(28)10-32-18-26-25-17(27(18)23)15-9-29-13-3-1-2-4-14(13)30-15/h1-8,15H,9-10,23H2,(H,24,28)/t15-/m1/s1. The van der Waals surface area contributed by atoms with Gasteiger partial charge in [-0.05, 0) is 36.4 Å². The van der Waals surface area contributed by atoms with Gasteiger partial charge in [0.05, 0.1) is 5.75 Å². The highest BCUT2D eigenvalue weighted by atomic mass is 32.2. The van der Waals surface area contributed by atoms with Crippen LogP contribution in [-0.2, 0) is 4.79 Å². The predicted molar refractivity (Wildman–Crippen MR) is 108 cm³/mol. The number of nitrogen functional groups attached to an aromatic ring is 1. The fourth-order valence-electron chi connectivity index (χ4n) is 2.82. The summed E-state index contributed by atoms with van der Waals surface area (Å²) < 4.78 is 53.1. The third-order valence-electron chi connectivity index (χ3n) is 4.19. The smallest absolute Gasteiger partial charge is 0.485 e. The molecule has 1 aliphatic rings. The molecule has 2 aromatic carbocycles. The number of carbonyl (C=O) groups excluding carboxylic acids is 1. The molecule has 9 nitrogen and oxygen atoms in total. The van der Waals surface area contributed by atoms with Crippen molar-refractivity contribution in [1.82, 2.24) is 14.9 Å². The molecule has 0 saturated carbocycles. The molecule has 0 unspecified atom stereocenters. The van der Waals surface area contributed by atoms with Crippen molar-refractivity contribution >= 4 is 23.4 Å². The van der Waals surface area contributed by atoms with Gasteiger partial charge in [-0.2, -0.15) is 0 Å².